The highest BCUT2D eigenvalue weighted by molar-refractivity contribution is 5.64. The zero-order chi connectivity index (χ0) is 9.94. The average molecular weight is 189 g/mol. The van der Waals surface area contributed by atoms with Gasteiger partial charge in [-0.2, -0.15) is 8.78 Å². The number of hydrogen-bond acceptors (Lipinski definition) is 2. The summed E-state index contributed by atoms with van der Waals surface area (Å²) in [6.45, 7) is 0.636. The van der Waals surface area contributed by atoms with Gasteiger partial charge in [-0.1, -0.05) is 0 Å². The molecule has 72 valence electrons. The largest absolute Gasteiger partial charge is 0.440 e. The summed E-state index contributed by atoms with van der Waals surface area (Å²) in [5.74, 6) is -4.37. The van der Waals surface area contributed by atoms with Gasteiger partial charge >= 0.3 is 18.4 Å². The number of rotatable bonds is 3. The predicted octanol–water partition coefficient (Wildman–Crippen LogP) is 1.37. The topological polar surface area (TPSA) is 52.3 Å². The number of amides is 1. The number of halogens is 4. The van der Waals surface area contributed by atoms with Crippen molar-refractivity contribution in [1.29, 1.82) is 0 Å². The first-order chi connectivity index (χ1) is 5.28. The summed E-state index contributed by atoms with van der Waals surface area (Å²) in [6, 6.07) is 0. The number of ether oxygens (including phenoxy) is 1. The Balaban J connectivity index is 4.24. The summed E-state index contributed by atoms with van der Waals surface area (Å²) >= 11 is 0. The molecule has 0 aliphatic heterocycles. The Kier molecular flexibility index (Phi) is 3.29. The van der Waals surface area contributed by atoms with Gasteiger partial charge < -0.3 is 10.5 Å². The maximum absolute atomic E-state index is 12.2. The summed E-state index contributed by atoms with van der Waals surface area (Å²) in [5, 5.41) is 0. The van der Waals surface area contributed by atoms with Crippen molar-refractivity contribution in [3.05, 3.63) is 0 Å². The molecule has 3 nitrogen and oxygen atoms in total. The molecular formula is C5H7F4NO2. The Hall–Kier alpha value is -1.01. The van der Waals surface area contributed by atoms with Crippen LogP contribution in [-0.4, -0.2) is 24.5 Å². The van der Waals surface area contributed by atoms with E-state index in [0.717, 1.165) is 0 Å². The van der Waals surface area contributed by atoms with Crippen LogP contribution in [0.4, 0.5) is 22.4 Å². The Morgan fingerprint density at radius 1 is 1.50 bits per heavy atom. The molecule has 0 aromatic heterocycles. The number of carbonyl (C=O) groups excluding carboxylic acids is 1. The van der Waals surface area contributed by atoms with E-state index < -0.39 is 24.5 Å². The first-order valence-electron chi connectivity index (χ1n) is 2.90. The van der Waals surface area contributed by atoms with Gasteiger partial charge in [-0.15, -0.1) is 0 Å². The van der Waals surface area contributed by atoms with E-state index >= 15 is 0 Å². The van der Waals surface area contributed by atoms with Gasteiger partial charge in [0.1, 0.15) is 0 Å². The lowest BCUT2D eigenvalue weighted by atomic mass is 10.2. The molecule has 0 saturated heterocycles. The molecule has 0 aliphatic carbocycles. The summed E-state index contributed by atoms with van der Waals surface area (Å²) in [4.78, 5) is 9.90. The van der Waals surface area contributed by atoms with Crippen molar-refractivity contribution in [2.24, 2.45) is 5.73 Å². The molecule has 0 fully saturated rings. The van der Waals surface area contributed by atoms with Crippen molar-refractivity contribution in [1.82, 2.24) is 0 Å². The molecule has 0 radical (unpaired) electrons. The van der Waals surface area contributed by atoms with Crippen LogP contribution in [0, 0.1) is 0 Å². The van der Waals surface area contributed by atoms with E-state index in [2.05, 4.69) is 10.5 Å². The van der Waals surface area contributed by atoms with Crippen molar-refractivity contribution in [3.8, 4) is 0 Å². The Bertz CT molecular complexity index is 173. The van der Waals surface area contributed by atoms with E-state index in [1.54, 1.807) is 0 Å². The fourth-order valence-corrected chi connectivity index (χ4v) is 0.430. The van der Waals surface area contributed by atoms with Gasteiger partial charge in [0.15, 0.2) is 6.10 Å². The quantitative estimate of drug-likeness (QED) is 0.681. The van der Waals surface area contributed by atoms with Crippen LogP contribution in [0.15, 0.2) is 0 Å². The van der Waals surface area contributed by atoms with E-state index in [1.165, 1.54) is 0 Å². The second-order valence-corrected chi connectivity index (χ2v) is 2.05. The number of primary amides is 1. The molecule has 0 saturated carbocycles. The van der Waals surface area contributed by atoms with Gasteiger partial charge in [0.25, 0.3) is 0 Å². The minimum absolute atomic E-state index is 0.636. The highest BCUT2D eigenvalue weighted by Crippen LogP contribution is 2.28. The summed E-state index contributed by atoms with van der Waals surface area (Å²) in [5.41, 5.74) is 4.35. The second kappa shape index (κ2) is 3.59. The van der Waals surface area contributed by atoms with Crippen LogP contribution in [0.2, 0.25) is 0 Å². The van der Waals surface area contributed by atoms with Gasteiger partial charge in [0.2, 0.25) is 0 Å². The Labute approximate surface area is 65.5 Å². The molecule has 0 aromatic rings. The molecule has 1 atom stereocenters. The minimum Gasteiger partial charge on any atom is -0.440 e. The standard InChI is InChI=1S/C5H7F4NO2/c1-2(12-4(10)11)5(8,9)3(6)7/h2-3H,1H3,(H2,10,11)/t2-/m0/s1. The highest BCUT2D eigenvalue weighted by Gasteiger charge is 2.48. The smallest absolute Gasteiger partial charge is 0.404 e. The highest BCUT2D eigenvalue weighted by atomic mass is 19.3. The molecule has 12 heavy (non-hydrogen) atoms. The molecule has 2 N–H and O–H groups in total. The Morgan fingerprint density at radius 3 is 2.17 bits per heavy atom. The SMILES string of the molecule is C[C@H](OC(N)=O)C(F)(F)C(F)F. The van der Waals surface area contributed by atoms with E-state index in [9.17, 15) is 22.4 Å². The van der Waals surface area contributed by atoms with Crippen molar-refractivity contribution in [3.63, 3.8) is 0 Å². The normalized spacial score (nSPS) is 14.5. The van der Waals surface area contributed by atoms with Crippen molar-refractivity contribution < 1.29 is 27.1 Å². The van der Waals surface area contributed by atoms with Crippen molar-refractivity contribution in [2.75, 3.05) is 0 Å². The molecule has 0 aromatic carbocycles. The molecule has 0 aliphatic rings. The number of alkyl halides is 4. The fraction of sp³-hybridized carbons (Fsp3) is 0.800. The lowest BCUT2D eigenvalue weighted by Crippen LogP contribution is -2.42. The van der Waals surface area contributed by atoms with Gasteiger partial charge in [-0.3, -0.25) is 0 Å². The maximum Gasteiger partial charge on any atom is 0.404 e. The third-order valence-corrected chi connectivity index (χ3v) is 1.13. The van der Waals surface area contributed by atoms with E-state index in [4.69, 9.17) is 0 Å². The molecule has 1 amide bonds. The number of nitrogens with two attached hydrogens (primary N) is 1. The van der Waals surface area contributed by atoms with Crippen LogP contribution in [0.25, 0.3) is 0 Å². The zero-order valence-corrected chi connectivity index (χ0v) is 6.06. The van der Waals surface area contributed by atoms with Gasteiger partial charge in [0.05, 0.1) is 0 Å². The second-order valence-electron chi connectivity index (χ2n) is 2.05. The van der Waals surface area contributed by atoms with Gasteiger partial charge in [0, 0.05) is 0 Å². The van der Waals surface area contributed by atoms with Crippen LogP contribution >= 0.6 is 0 Å². The van der Waals surface area contributed by atoms with Crippen LogP contribution in [0.1, 0.15) is 6.92 Å². The molecule has 0 heterocycles. The van der Waals surface area contributed by atoms with Gasteiger partial charge in [-0.05, 0) is 6.92 Å². The number of carbonyl (C=O) groups is 1. The molecule has 0 bridgehead atoms. The maximum atomic E-state index is 12.2. The summed E-state index contributed by atoms with van der Waals surface area (Å²) in [6.07, 6.45) is -7.62. The van der Waals surface area contributed by atoms with Crippen LogP contribution < -0.4 is 5.73 Å². The fourth-order valence-electron chi connectivity index (χ4n) is 0.430. The molecule has 7 heteroatoms. The Morgan fingerprint density at radius 2 is 1.92 bits per heavy atom. The van der Waals surface area contributed by atoms with Crippen LogP contribution in [-0.2, 0) is 4.74 Å². The zero-order valence-electron chi connectivity index (χ0n) is 6.06. The van der Waals surface area contributed by atoms with Crippen molar-refractivity contribution >= 4 is 6.09 Å². The third-order valence-electron chi connectivity index (χ3n) is 1.13. The lowest BCUT2D eigenvalue weighted by Gasteiger charge is -2.21. The van der Waals surface area contributed by atoms with Crippen LogP contribution in [0.3, 0.4) is 0 Å². The summed E-state index contributed by atoms with van der Waals surface area (Å²) in [7, 11) is 0. The third kappa shape index (κ3) is 2.55. The first kappa shape index (κ1) is 11.0. The molecular weight excluding hydrogens is 182 g/mol. The molecule has 0 spiro atoms. The van der Waals surface area contributed by atoms with E-state index in [-0.39, 0.29) is 0 Å². The predicted molar refractivity (Wildman–Crippen MR) is 31.1 cm³/mol. The first-order valence-corrected chi connectivity index (χ1v) is 2.90. The van der Waals surface area contributed by atoms with Crippen molar-refractivity contribution in [2.45, 2.75) is 25.4 Å². The minimum atomic E-state index is -4.37. The van der Waals surface area contributed by atoms with E-state index in [1.807, 2.05) is 0 Å². The monoisotopic (exact) mass is 189 g/mol. The van der Waals surface area contributed by atoms with E-state index in [0.29, 0.717) is 6.92 Å². The molecule has 0 unspecified atom stereocenters. The molecule has 0 rings (SSSR count). The average Bonchev–Trinajstić information content (AvgIpc) is 1.85. The van der Waals surface area contributed by atoms with Crippen LogP contribution in [0.5, 0.6) is 0 Å². The lowest BCUT2D eigenvalue weighted by molar-refractivity contribution is -0.185. The van der Waals surface area contributed by atoms with Gasteiger partial charge in [-0.25, -0.2) is 13.6 Å². The summed E-state index contributed by atoms with van der Waals surface area (Å²) < 4.78 is 51.2. The number of hydrogen-bond donors (Lipinski definition) is 1.